The molecule has 4 bridgehead atoms. The van der Waals surface area contributed by atoms with E-state index in [9.17, 15) is 28.8 Å². The summed E-state index contributed by atoms with van der Waals surface area (Å²) in [4.78, 5) is 85.6. The molecule has 4 aromatic carbocycles. The molecule has 0 radical (unpaired) electrons. The second-order valence-corrected chi connectivity index (χ2v) is 21.2. The molecule has 0 spiro atoms. The van der Waals surface area contributed by atoms with Gasteiger partial charge in [0.15, 0.2) is 5.82 Å². The number of para-hydroxylation sites is 1. The molecule has 11 rings (SSSR count). The molecule has 436 valence electrons. The number of hydrogen-bond acceptors (Lipinski definition) is 14. The van der Waals surface area contributed by atoms with E-state index in [4.69, 9.17) is 26.9 Å². The summed E-state index contributed by atoms with van der Waals surface area (Å²) in [6.45, 7) is 8.78. The molecule has 4 aliphatic rings. The number of unbranched alkanes of at least 4 members (excludes halogenated alkanes) is 4. The van der Waals surface area contributed by atoms with Crippen molar-refractivity contribution in [2.45, 2.75) is 77.2 Å². The Hall–Kier alpha value is -8.54. The highest BCUT2D eigenvalue weighted by molar-refractivity contribution is 6.33. The van der Waals surface area contributed by atoms with E-state index in [0.717, 1.165) is 106 Å². The number of aromatic nitrogens is 6. The van der Waals surface area contributed by atoms with E-state index in [1.807, 2.05) is 41.1 Å². The maximum atomic E-state index is 15.9. The highest BCUT2D eigenvalue weighted by atomic mass is 35.5. The van der Waals surface area contributed by atoms with E-state index in [2.05, 4.69) is 76.8 Å². The molecular weight excluding hydrogens is 1090 g/mol. The predicted octanol–water partition coefficient (Wildman–Crippen LogP) is 6.96. The maximum absolute atomic E-state index is 15.9. The number of amides is 5. The number of piperidine rings is 1. The number of carbonyl (C=O) groups excluding carboxylic acids is 5. The molecule has 24 heteroatoms. The minimum absolute atomic E-state index is 0.0150. The number of aryl methyl sites for hydroxylation is 1. The normalized spacial score (nSPS) is 16.3. The number of carboxylic acids is 1. The molecule has 0 saturated carbocycles. The summed E-state index contributed by atoms with van der Waals surface area (Å²) >= 11 is 6.43. The second kappa shape index (κ2) is 27.5. The number of rotatable bonds is 23. The number of quaternary nitrogens is 1. The Bertz CT molecular complexity index is 3470. The summed E-state index contributed by atoms with van der Waals surface area (Å²) in [5.74, 6) is -1.49. The van der Waals surface area contributed by atoms with E-state index in [1.54, 1.807) is 36.2 Å². The first-order valence-corrected chi connectivity index (χ1v) is 28.6. The van der Waals surface area contributed by atoms with Crippen LogP contribution >= 0.6 is 11.6 Å². The molecule has 5 amide bonds. The third kappa shape index (κ3) is 14.0. The van der Waals surface area contributed by atoms with Crippen LogP contribution in [0.5, 0.6) is 0 Å². The Kier molecular flexibility index (Phi) is 19.6. The van der Waals surface area contributed by atoms with Crippen LogP contribution in [0, 0.1) is 5.82 Å². The van der Waals surface area contributed by atoms with Gasteiger partial charge in [0.05, 0.1) is 47.8 Å². The van der Waals surface area contributed by atoms with Crippen molar-refractivity contribution in [1.82, 2.24) is 60.4 Å². The highest BCUT2D eigenvalue weighted by Gasteiger charge is 2.46. The summed E-state index contributed by atoms with van der Waals surface area (Å²) in [7, 11) is 1.59. The molecule has 7 aromatic rings. The SMILES string of the molecule is CCn1nc2c3c(cccc31)-c1cc3c(cnn3[N+]3(C(=O)CCC(=O)NCCCCCCCN4CCN(c5ccc(Nc6ncc(Cl)c(Nc7ccccc7C(=O)NC)n6)cc5)CC4)CCC2CC3)cc1F.O=CNCC(=O)NCC(=O)O. The van der Waals surface area contributed by atoms with E-state index in [1.165, 1.54) is 18.0 Å². The van der Waals surface area contributed by atoms with Crippen LogP contribution in [0.15, 0.2) is 91.3 Å². The summed E-state index contributed by atoms with van der Waals surface area (Å²) < 4.78 is 17.9. The van der Waals surface area contributed by atoms with Crippen molar-refractivity contribution in [2.24, 2.45) is 0 Å². The van der Waals surface area contributed by atoms with Crippen LogP contribution < -0.4 is 41.4 Å². The molecule has 7 heterocycles. The lowest BCUT2D eigenvalue weighted by molar-refractivity contribution is -0.141. The van der Waals surface area contributed by atoms with Crippen molar-refractivity contribution in [3.05, 3.63) is 113 Å². The Morgan fingerprint density at radius 3 is 2.33 bits per heavy atom. The number of nitrogens with one attached hydrogen (secondary N) is 6. The van der Waals surface area contributed by atoms with Gasteiger partial charge >= 0.3 is 11.9 Å². The number of carboxylic acid groups (broad SMARTS) is 1. The first-order valence-electron chi connectivity index (χ1n) is 28.2. The standard InChI is InChI=1S/C54H61ClFN13O3.C5H8N2O4/c1-3-67-46-15-11-13-40-42-33-47-37(32-44(42)56)34-60-68(47)69(30-22-36(23-31-69)51(64-67)50(40)46)49(71)21-20-48(70)58-24-9-5-4-6-10-25-65-26-28-66(29-27-65)39-18-16-38(17-19-39)61-54-59-35-43(55)52(63-54)62-45-14-8-7-12-41(45)53(72)57-2;8-3-6-1-4(9)7-2-5(10)11/h7-8,11-19,32-36H,3-6,9-10,20-31H2,1-2H3,(H3-,57,58,59,61,62,63,70,72);3H,1-2H2,(H,6,8)(H,7,9)(H,10,11)/p+1. The van der Waals surface area contributed by atoms with Gasteiger partial charge in [0.25, 0.3) is 5.91 Å². The molecular formula is C59H70ClFN15O7+. The zero-order valence-corrected chi connectivity index (χ0v) is 47.4. The molecule has 7 N–H and O–H groups in total. The van der Waals surface area contributed by atoms with Gasteiger partial charge in [-0.25, -0.2) is 14.2 Å². The highest BCUT2D eigenvalue weighted by Crippen LogP contribution is 2.42. The third-order valence-corrected chi connectivity index (χ3v) is 15.8. The van der Waals surface area contributed by atoms with Crippen LogP contribution in [-0.4, -0.2) is 148 Å². The number of carbonyl (C=O) groups is 6. The number of fused-ring (bicyclic) bond motifs is 2. The first kappa shape index (κ1) is 59.1. The zero-order valence-electron chi connectivity index (χ0n) is 46.6. The van der Waals surface area contributed by atoms with Gasteiger partial charge in [0, 0.05) is 99.2 Å². The fourth-order valence-corrected chi connectivity index (χ4v) is 11.3. The van der Waals surface area contributed by atoms with Gasteiger partial charge in [-0.15, -0.1) is 9.69 Å². The minimum atomic E-state index is -1.12. The van der Waals surface area contributed by atoms with Gasteiger partial charge in [-0.3, -0.25) is 33.6 Å². The van der Waals surface area contributed by atoms with Gasteiger partial charge in [-0.2, -0.15) is 10.1 Å². The van der Waals surface area contributed by atoms with Crippen molar-refractivity contribution in [3.63, 3.8) is 0 Å². The lowest BCUT2D eigenvalue weighted by atomic mass is 9.88. The van der Waals surface area contributed by atoms with Crippen LogP contribution in [0.1, 0.15) is 86.7 Å². The number of anilines is 5. The largest absolute Gasteiger partial charge is 0.480 e. The van der Waals surface area contributed by atoms with Gasteiger partial charge in [-0.1, -0.05) is 59.9 Å². The minimum Gasteiger partial charge on any atom is -0.480 e. The van der Waals surface area contributed by atoms with Crippen LogP contribution in [0.2, 0.25) is 5.02 Å². The van der Waals surface area contributed by atoms with Crippen LogP contribution in [0.25, 0.3) is 32.9 Å². The quantitative estimate of drug-likeness (QED) is 0.0194. The summed E-state index contributed by atoms with van der Waals surface area (Å²) in [5.41, 5.74) is 7.03. The Balaban J connectivity index is 0.000000683. The maximum Gasteiger partial charge on any atom is 0.340 e. The smallest absolute Gasteiger partial charge is 0.340 e. The number of piperazine rings is 1. The van der Waals surface area contributed by atoms with Crippen LogP contribution in [0.3, 0.4) is 0 Å². The topological polar surface area (TPSA) is 263 Å². The molecule has 4 aliphatic heterocycles. The molecule has 2 saturated heterocycles. The van der Waals surface area contributed by atoms with Crippen molar-refractivity contribution in [2.75, 3.05) is 88.0 Å². The molecule has 0 aliphatic carbocycles. The van der Waals surface area contributed by atoms with Gasteiger partial charge < -0.3 is 41.9 Å². The monoisotopic (exact) mass is 1150 g/mol. The zero-order chi connectivity index (χ0) is 58.5. The second-order valence-electron chi connectivity index (χ2n) is 20.8. The lowest BCUT2D eigenvalue weighted by Crippen LogP contribution is -2.65. The fraction of sp³-hybridized carbons (Fsp3) is 0.390. The molecule has 3 aromatic heterocycles. The van der Waals surface area contributed by atoms with Crippen molar-refractivity contribution in [1.29, 1.82) is 0 Å². The number of halogens is 2. The average Bonchev–Trinajstić information content (AvgIpc) is 4.33. The number of nitrogens with zero attached hydrogens (tertiary/aromatic N) is 9. The van der Waals surface area contributed by atoms with E-state index in [-0.39, 0.29) is 53.4 Å². The fourth-order valence-electron chi connectivity index (χ4n) is 11.2. The predicted molar refractivity (Wildman–Crippen MR) is 317 cm³/mol. The van der Waals surface area contributed by atoms with Crippen LogP contribution in [0.4, 0.5) is 33.2 Å². The van der Waals surface area contributed by atoms with Crippen molar-refractivity contribution >= 4 is 98.2 Å². The Morgan fingerprint density at radius 2 is 1.58 bits per heavy atom. The summed E-state index contributed by atoms with van der Waals surface area (Å²) in [6.07, 6.45) is 10.5. The molecule has 0 atom stereocenters. The number of hydrogen-bond donors (Lipinski definition) is 7. The lowest BCUT2D eigenvalue weighted by Gasteiger charge is -2.39. The molecule has 2 fully saturated rings. The molecule has 0 unspecified atom stereocenters. The molecule has 22 nitrogen and oxygen atoms in total. The van der Waals surface area contributed by atoms with E-state index < -0.39 is 18.4 Å². The van der Waals surface area contributed by atoms with Crippen LogP contribution in [-0.2, 0) is 30.5 Å². The Morgan fingerprint density at radius 1 is 0.819 bits per heavy atom. The Labute approximate surface area is 484 Å². The average molecular weight is 1160 g/mol. The van der Waals surface area contributed by atoms with Gasteiger partial charge in [0.2, 0.25) is 24.2 Å². The van der Waals surface area contributed by atoms with Crippen molar-refractivity contribution in [3.8, 4) is 11.1 Å². The first-order chi connectivity index (χ1) is 40.3. The van der Waals surface area contributed by atoms with Crippen molar-refractivity contribution < 1.29 is 38.3 Å². The summed E-state index contributed by atoms with van der Waals surface area (Å²) in [6, 6.07) is 24.8. The van der Waals surface area contributed by atoms with Gasteiger partial charge in [0.1, 0.15) is 36.0 Å². The van der Waals surface area contributed by atoms with Gasteiger partial charge in [-0.05, 0) is 86.5 Å². The number of benzene rings is 4. The third-order valence-electron chi connectivity index (χ3n) is 15.5. The number of aliphatic carboxylic acids is 1. The summed E-state index contributed by atoms with van der Waals surface area (Å²) in [5, 5.41) is 36.1. The molecule has 83 heavy (non-hydrogen) atoms. The van der Waals surface area contributed by atoms with E-state index >= 15 is 4.39 Å². The van der Waals surface area contributed by atoms with E-state index in [0.29, 0.717) is 77.1 Å².